The van der Waals surface area contributed by atoms with E-state index in [1.54, 1.807) is 76.2 Å². The highest BCUT2D eigenvalue weighted by Gasteiger charge is 2.79. The maximum Gasteiger partial charge on any atom is 0.408 e. The van der Waals surface area contributed by atoms with Gasteiger partial charge in [-0.05, 0) is 76.6 Å². The van der Waals surface area contributed by atoms with E-state index < -0.39 is 118 Å². The number of aliphatic hydroxyl groups is 2. The topological polar surface area (TPSA) is 220 Å². The smallest absolute Gasteiger partial charge is 0.408 e. The molecular weight excluding hydrogens is 863 g/mol. The number of ether oxygens (including phenoxy) is 7. The Balaban J connectivity index is 1.59. The molecule has 1 heterocycles. The van der Waals surface area contributed by atoms with Gasteiger partial charge in [0.1, 0.15) is 29.5 Å². The molecule has 65 heavy (non-hydrogen) atoms. The number of fused-ring (bicyclic) bond motifs is 5. The van der Waals surface area contributed by atoms with E-state index in [0.717, 1.165) is 11.8 Å². The minimum Gasteiger partial charge on any atom is -0.456 e. The molecule has 2 aromatic rings. The van der Waals surface area contributed by atoms with Crippen molar-refractivity contribution < 1.29 is 72.1 Å². The number of Topliss-reactive ketones (excluding diaryl/α,β-unsaturated/α-hetero) is 1. The first-order valence-corrected chi connectivity index (χ1v) is 22.3. The Morgan fingerprint density at radius 3 is 2.18 bits per heavy atom. The highest BCUT2D eigenvalue weighted by atomic mass is 32.2. The average Bonchev–Trinajstić information content (AvgIpc) is 3.24. The fourth-order valence-corrected chi connectivity index (χ4v) is 10.5. The van der Waals surface area contributed by atoms with Crippen LogP contribution in [0, 0.1) is 29.1 Å². The summed E-state index contributed by atoms with van der Waals surface area (Å²) in [6, 6.07) is 14.5. The van der Waals surface area contributed by atoms with Gasteiger partial charge in [0.05, 0.1) is 41.1 Å². The summed E-state index contributed by atoms with van der Waals surface area (Å²) < 4.78 is 42.4. The van der Waals surface area contributed by atoms with Gasteiger partial charge in [-0.2, -0.15) is 0 Å². The molecule has 1 aliphatic heterocycles. The summed E-state index contributed by atoms with van der Waals surface area (Å²) in [6.07, 6.45) is -4.64. The van der Waals surface area contributed by atoms with Crippen molar-refractivity contribution in [2.75, 3.05) is 19.5 Å². The Bertz CT molecular complexity index is 2260. The number of alkyl carbamates (subject to hydrolysis) is 1. The number of thioether (sulfide) groups is 1. The van der Waals surface area contributed by atoms with E-state index in [1.165, 1.54) is 46.9 Å². The highest BCUT2D eigenvalue weighted by Crippen LogP contribution is 2.65. The summed E-state index contributed by atoms with van der Waals surface area (Å²) in [6.45, 7) is 11.9. The maximum atomic E-state index is 15.9. The van der Waals surface area contributed by atoms with E-state index in [0.29, 0.717) is 5.56 Å². The van der Waals surface area contributed by atoms with Crippen molar-refractivity contribution in [2.45, 2.75) is 128 Å². The third-order valence-corrected chi connectivity index (χ3v) is 13.8. The number of nitrogens with one attached hydrogen (secondary N) is 1. The first-order chi connectivity index (χ1) is 30.5. The molecule has 2 saturated carbocycles. The van der Waals surface area contributed by atoms with E-state index in [9.17, 15) is 34.2 Å². The molecule has 17 heteroatoms. The summed E-state index contributed by atoms with van der Waals surface area (Å²) in [5, 5.41) is 27.4. The Morgan fingerprint density at radius 2 is 1.65 bits per heavy atom. The molecule has 1 amide bonds. The maximum absolute atomic E-state index is 15.9. The van der Waals surface area contributed by atoms with Crippen molar-refractivity contribution >= 4 is 46.8 Å². The molecule has 16 nitrogen and oxygen atoms in total. The SMILES string of the molecule is C#C[C@@]1(C)C2=C(C)[C@@H](OC(=O)[C@H](O)[C@@H](NC(=O)OC(C)(C)C)c3ccccc3)C[C@@]1(O)[C@@H](OC(=O)c1ccccc1)[C@@H]1[C@]3(OC(C)=O)CO[C@@H]3C[C@H](OC)[C@@]1(C)C(=O)[C@@H]2OC(=O)SCC. The highest BCUT2D eigenvalue weighted by molar-refractivity contribution is 8.13. The number of amides is 1. The lowest BCUT2D eigenvalue weighted by molar-refractivity contribution is -0.346. The Morgan fingerprint density at radius 1 is 1.02 bits per heavy atom. The van der Waals surface area contributed by atoms with Gasteiger partial charge in [0.2, 0.25) is 0 Å². The minimum absolute atomic E-state index is 0.00679. The number of benzene rings is 2. The van der Waals surface area contributed by atoms with E-state index >= 15 is 4.79 Å². The average molecular weight is 920 g/mol. The molecule has 3 N–H and O–H groups in total. The zero-order valence-electron chi connectivity index (χ0n) is 37.9. The second-order valence-corrected chi connectivity index (χ2v) is 19.4. The number of rotatable bonds is 11. The predicted octanol–water partition coefficient (Wildman–Crippen LogP) is 5.42. The van der Waals surface area contributed by atoms with E-state index in [4.69, 9.17) is 39.6 Å². The van der Waals surface area contributed by atoms with Gasteiger partial charge in [-0.3, -0.25) is 9.59 Å². The minimum atomic E-state index is -2.58. The summed E-state index contributed by atoms with van der Waals surface area (Å²) in [7, 11) is 1.36. The van der Waals surface area contributed by atoms with Crippen molar-refractivity contribution in [1.82, 2.24) is 5.32 Å². The molecular formula is C48H57NO15S. The monoisotopic (exact) mass is 919 g/mol. The number of esters is 3. The van der Waals surface area contributed by atoms with Crippen LogP contribution in [0.5, 0.6) is 0 Å². The van der Waals surface area contributed by atoms with E-state index in [2.05, 4.69) is 11.2 Å². The summed E-state index contributed by atoms with van der Waals surface area (Å²) in [4.78, 5) is 84.7. The Hall–Kier alpha value is -5.25. The zero-order valence-corrected chi connectivity index (χ0v) is 38.7. The molecule has 2 aromatic carbocycles. The summed E-state index contributed by atoms with van der Waals surface area (Å²) in [5.41, 5.74) is -8.98. The fraction of sp³-hybridized carbons (Fsp3) is 0.542. The number of hydrogen-bond acceptors (Lipinski definition) is 16. The molecule has 0 aromatic heterocycles. The third-order valence-electron chi connectivity index (χ3n) is 13.2. The third kappa shape index (κ3) is 8.79. The zero-order chi connectivity index (χ0) is 47.9. The predicted molar refractivity (Wildman–Crippen MR) is 234 cm³/mol. The molecule has 0 unspecified atom stereocenters. The van der Waals surface area contributed by atoms with Crippen LogP contribution in [-0.2, 0) is 47.5 Å². The fourth-order valence-electron chi connectivity index (χ4n) is 10.1. The van der Waals surface area contributed by atoms with Gasteiger partial charge in [0.15, 0.2) is 23.6 Å². The molecule has 3 aliphatic carbocycles. The standard InChI is InChI=1S/C48H57NO15S/c1-11-45(8)33-26(3)30(60-41(54)35(51)34(28-19-15-13-16-20-28)49-42(55)64-44(5,6)7)24-48(45,57)39(62-40(53)29-21-17-14-18-22-29)37-46(9,38(52)36(33)61-43(56)65-12-2)31(58-10)23-32-47(37,25-59-32)63-27(4)50/h1,13-22,30-32,34-37,39,51,57H,12,23-25H2,2-10H3,(H,49,55)/t30-,31-,32+,34-,35+,36+,37-,39-,45-,46+,47-,48+/m0/s1. The van der Waals surface area contributed by atoms with Gasteiger partial charge >= 0.3 is 29.3 Å². The molecule has 12 atom stereocenters. The van der Waals surface area contributed by atoms with Crippen LogP contribution in [-0.4, -0.2) is 118 Å². The molecule has 4 aliphatic rings. The van der Waals surface area contributed by atoms with Crippen LogP contribution in [0.3, 0.4) is 0 Å². The molecule has 0 radical (unpaired) electrons. The van der Waals surface area contributed by atoms with Crippen LogP contribution in [0.25, 0.3) is 0 Å². The molecule has 0 spiro atoms. The molecule has 350 valence electrons. The lowest BCUT2D eigenvalue weighted by Gasteiger charge is -2.67. The van der Waals surface area contributed by atoms with Gasteiger partial charge in [0.25, 0.3) is 0 Å². The van der Waals surface area contributed by atoms with Crippen molar-refractivity contribution in [3.8, 4) is 12.3 Å². The van der Waals surface area contributed by atoms with E-state index in [1.807, 2.05) is 0 Å². The van der Waals surface area contributed by atoms with Crippen LogP contribution in [0.1, 0.15) is 90.2 Å². The lowest BCUT2D eigenvalue weighted by atomic mass is 9.44. The van der Waals surface area contributed by atoms with Gasteiger partial charge in [-0.25, -0.2) is 19.2 Å². The molecule has 2 bridgehead atoms. The van der Waals surface area contributed by atoms with Crippen molar-refractivity contribution in [3.05, 3.63) is 82.9 Å². The second kappa shape index (κ2) is 18.6. The summed E-state index contributed by atoms with van der Waals surface area (Å²) >= 11 is 0.761. The second-order valence-electron chi connectivity index (χ2n) is 18.2. The first kappa shape index (κ1) is 49.2. The van der Waals surface area contributed by atoms with Gasteiger partial charge in [-0.1, -0.05) is 61.4 Å². The Kier molecular flexibility index (Phi) is 14.0. The van der Waals surface area contributed by atoms with Crippen molar-refractivity contribution in [2.24, 2.45) is 16.7 Å². The quantitative estimate of drug-likeness (QED) is 0.111. The van der Waals surface area contributed by atoms with E-state index in [-0.39, 0.29) is 35.5 Å². The number of terminal acetylenes is 1. The largest absolute Gasteiger partial charge is 0.456 e. The van der Waals surface area contributed by atoms with Crippen LogP contribution in [0.4, 0.5) is 9.59 Å². The molecule has 1 saturated heterocycles. The van der Waals surface area contributed by atoms with Crippen LogP contribution in [0.15, 0.2) is 71.8 Å². The van der Waals surface area contributed by atoms with Crippen molar-refractivity contribution in [1.29, 1.82) is 0 Å². The molecule has 6 rings (SSSR count). The number of hydrogen-bond donors (Lipinski definition) is 3. The summed E-state index contributed by atoms with van der Waals surface area (Å²) in [5.74, 6) is -2.44. The van der Waals surface area contributed by atoms with Gasteiger partial charge < -0.3 is 48.7 Å². The number of ketones is 1. The first-order valence-electron chi connectivity index (χ1n) is 21.3. The number of carbonyl (C=O) groups excluding carboxylic acids is 6. The normalized spacial score (nSPS) is 32.6. The Labute approximate surface area is 382 Å². The van der Waals surface area contributed by atoms with Gasteiger partial charge in [-0.15, -0.1) is 6.42 Å². The van der Waals surface area contributed by atoms with Crippen LogP contribution >= 0.6 is 11.8 Å². The molecule has 3 fully saturated rings. The number of aliphatic hydroxyl groups excluding tert-OH is 1. The van der Waals surface area contributed by atoms with Gasteiger partial charge in [0, 0.05) is 38.2 Å². The number of methoxy groups -OCH3 is 1. The van der Waals surface area contributed by atoms with Crippen LogP contribution in [0.2, 0.25) is 0 Å². The lowest BCUT2D eigenvalue weighted by Crippen LogP contribution is -2.82. The van der Waals surface area contributed by atoms with Crippen LogP contribution < -0.4 is 5.32 Å². The number of carbonyl (C=O) groups is 6. The van der Waals surface area contributed by atoms with Crippen molar-refractivity contribution in [3.63, 3.8) is 0 Å².